The Morgan fingerprint density at radius 3 is 2.62 bits per heavy atom. The maximum Gasteiger partial charge on any atom is 0.139 e. The van der Waals surface area contributed by atoms with Crippen molar-refractivity contribution < 1.29 is 0 Å². The average Bonchev–Trinajstić information content (AvgIpc) is 2.08. The Bertz CT molecular complexity index is 463. The highest BCUT2D eigenvalue weighted by atomic mass is 32.1. The van der Waals surface area contributed by atoms with Crippen LogP contribution < -0.4 is 5.46 Å². The van der Waals surface area contributed by atoms with Gasteiger partial charge in [-0.15, -0.1) is 12.6 Å². The second-order valence-corrected chi connectivity index (χ2v) is 3.97. The fraction of sp³-hybridized carbons (Fsp3) is 0.0909. The Labute approximate surface area is 84.8 Å². The van der Waals surface area contributed by atoms with E-state index in [9.17, 15) is 0 Å². The molecule has 0 heterocycles. The maximum absolute atomic E-state index is 4.40. The van der Waals surface area contributed by atoms with Crippen molar-refractivity contribution in [1.82, 2.24) is 0 Å². The van der Waals surface area contributed by atoms with Crippen molar-refractivity contribution in [2.45, 2.75) is 11.8 Å². The largest absolute Gasteiger partial charge is 0.143 e. The van der Waals surface area contributed by atoms with Gasteiger partial charge in [0.25, 0.3) is 0 Å². The molecule has 2 aromatic rings. The zero-order valence-electron chi connectivity index (χ0n) is 7.83. The van der Waals surface area contributed by atoms with Crippen LogP contribution in [0.3, 0.4) is 0 Å². The van der Waals surface area contributed by atoms with Crippen molar-refractivity contribution in [1.29, 1.82) is 0 Å². The van der Waals surface area contributed by atoms with Gasteiger partial charge in [0.1, 0.15) is 7.85 Å². The van der Waals surface area contributed by atoms with Crippen LogP contribution >= 0.6 is 12.6 Å². The highest BCUT2D eigenvalue weighted by Crippen LogP contribution is 2.20. The summed E-state index contributed by atoms with van der Waals surface area (Å²) in [6.45, 7) is 2.09. The van der Waals surface area contributed by atoms with Crippen molar-refractivity contribution in [3.8, 4) is 0 Å². The molecule has 0 bridgehead atoms. The molecular weight excluding hydrogens is 175 g/mol. The van der Waals surface area contributed by atoms with Crippen LogP contribution in [0.1, 0.15) is 5.56 Å². The summed E-state index contributed by atoms with van der Waals surface area (Å²) < 4.78 is 0. The van der Waals surface area contributed by atoms with E-state index in [1.54, 1.807) is 0 Å². The summed E-state index contributed by atoms with van der Waals surface area (Å²) >= 11 is 4.40. The van der Waals surface area contributed by atoms with Crippen LogP contribution in [0.25, 0.3) is 10.8 Å². The molecule has 0 nitrogen and oxygen atoms in total. The molecule has 64 valence electrons. The van der Waals surface area contributed by atoms with E-state index in [0.717, 1.165) is 4.90 Å². The summed E-state index contributed by atoms with van der Waals surface area (Å²) in [4.78, 5) is 1.07. The van der Waals surface area contributed by atoms with Gasteiger partial charge in [-0.05, 0) is 29.3 Å². The summed E-state index contributed by atoms with van der Waals surface area (Å²) in [7, 11) is 2.11. The van der Waals surface area contributed by atoms with Crippen molar-refractivity contribution in [2.24, 2.45) is 0 Å². The minimum Gasteiger partial charge on any atom is -0.143 e. The SMILES string of the molecule is Bc1ccc2cc(S)c(C)cc2c1. The molecule has 0 aliphatic heterocycles. The van der Waals surface area contributed by atoms with Gasteiger partial charge in [-0.2, -0.15) is 0 Å². The summed E-state index contributed by atoms with van der Waals surface area (Å²) in [5.74, 6) is 0. The molecule has 0 amide bonds. The van der Waals surface area contributed by atoms with E-state index in [1.807, 2.05) is 0 Å². The van der Waals surface area contributed by atoms with Gasteiger partial charge in [0.15, 0.2) is 0 Å². The standard InChI is InChI=1S/C11H11BS/c1-7-4-9-5-10(12)3-2-8(9)6-11(7)13/h2-6,13H,12H2,1H3. The summed E-state index contributed by atoms with van der Waals surface area (Å²) in [6, 6.07) is 10.8. The monoisotopic (exact) mass is 186 g/mol. The smallest absolute Gasteiger partial charge is 0.139 e. The molecule has 2 heteroatoms. The first-order chi connectivity index (χ1) is 6.16. The van der Waals surface area contributed by atoms with E-state index in [-0.39, 0.29) is 0 Å². The fourth-order valence-electron chi connectivity index (χ4n) is 1.52. The molecule has 0 radical (unpaired) electrons. The van der Waals surface area contributed by atoms with Gasteiger partial charge < -0.3 is 0 Å². The molecule has 13 heavy (non-hydrogen) atoms. The normalized spacial score (nSPS) is 10.6. The quantitative estimate of drug-likeness (QED) is 0.469. The zero-order chi connectivity index (χ0) is 9.42. The van der Waals surface area contributed by atoms with Gasteiger partial charge in [-0.3, -0.25) is 0 Å². The third kappa shape index (κ3) is 1.59. The van der Waals surface area contributed by atoms with Gasteiger partial charge in [0.05, 0.1) is 0 Å². The number of fused-ring (bicyclic) bond motifs is 1. The van der Waals surface area contributed by atoms with Crippen LogP contribution in [0.5, 0.6) is 0 Å². The maximum atomic E-state index is 4.40. The van der Waals surface area contributed by atoms with Crippen LogP contribution in [-0.2, 0) is 0 Å². The van der Waals surface area contributed by atoms with E-state index >= 15 is 0 Å². The molecule has 2 aromatic carbocycles. The molecule has 0 N–H and O–H groups in total. The molecule has 0 spiro atoms. The summed E-state index contributed by atoms with van der Waals surface area (Å²) in [6.07, 6.45) is 0. The molecule has 0 saturated heterocycles. The lowest BCUT2D eigenvalue weighted by Gasteiger charge is -2.03. The van der Waals surface area contributed by atoms with E-state index in [0.29, 0.717) is 0 Å². The third-order valence-corrected chi connectivity index (χ3v) is 2.79. The molecule has 0 aliphatic carbocycles. The van der Waals surface area contributed by atoms with Gasteiger partial charge in [0.2, 0.25) is 0 Å². The topological polar surface area (TPSA) is 0 Å². The highest BCUT2D eigenvalue weighted by Gasteiger charge is 1.97. The number of benzene rings is 2. The van der Waals surface area contributed by atoms with Gasteiger partial charge in [0, 0.05) is 4.90 Å². The Kier molecular flexibility index (Phi) is 2.08. The van der Waals surface area contributed by atoms with Crippen molar-refractivity contribution >= 4 is 36.7 Å². The van der Waals surface area contributed by atoms with Gasteiger partial charge >= 0.3 is 0 Å². The Morgan fingerprint density at radius 1 is 1.08 bits per heavy atom. The molecule has 0 unspecified atom stereocenters. The molecule has 0 atom stereocenters. The lowest BCUT2D eigenvalue weighted by atomic mass is 9.93. The van der Waals surface area contributed by atoms with Crippen LogP contribution in [-0.4, -0.2) is 7.85 Å². The van der Waals surface area contributed by atoms with Crippen LogP contribution in [0.15, 0.2) is 35.2 Å². The predicted molar refractivity (Wildman–Crippen MR) is 64.1 cm³/mol. The molecule has 0 saturated carbocycles. The molecule has 2 rings (SSSR count). The Balaban J connectivity index is 2.81. The van der Waals surface area contributed by atoms with E-state index in [2.05, 4.69) is 57.7 Å². The van der Waals surface area contributed by atoms with Crippen molar-refractivity contribution in [3.05, 3.63) is 35.9 Å². The number of aryl methyl sites for hydroxylation is 1. The Hall–Kier alpha value is -0.885. The first kappa shape index (κ1) is 8.70. The van der Waals surface area contributed by atoms with E-state index in [4.69, 9.17) is 0 Å². The lowest BCUT2D eigenvalue weighted by molar-refractivity contribution is 1.34. The van der Waals surface area contributed by atoms with Crippen molar-refractivity contribution in [2.75, 3.05) is 0 Å². The fourth-order valence-corrected chi connectivity index (χ4v) is 1.72. The number of thiol groups is 1. The minimum absolute atomic E-state index is 1.07. The molecule has 0 aromatic heterocycles. The van der Waals surface area contributed by atoms with Gasteiger partial charge in [-0.1, -0.05) is 29.7 Å². The summed E-state index contributed by atoms with van der Waals surface area (Å²) in [5, 5.41) is 2.57. The first-order valence-corrected chi connectivity index (χ1v) is 4.81. The first-order valence-electron chi connectivity index (χ1n) is 4.37. The van der Waals surface area contributed by atoms with E-state index in [1.165, 1.54) is 21.8 Å². The second-order valence-electron chi connectivity index (χ2n) is 3.49. The van der Waals surface area contributed by atoms with Crippen molar-refractivity contribution in [3.63, 3.8) is 0 Å². The number of hydrogen-bond donors (Lipinski definition) is 1. The average molecular weight is 186 g/mol. The third-order valence-electron chi connectivity index (χ3n) is 2.31. The molecule has 0 fully saturated rings. The Morgan fingerprint density at radius 2 is 1.85 bits per heavy atom. The lowest BCUT2D eigenvalue weighted by Crippen LogP contribution is -1.99. The number of rotatable bonds is 0. The molecule has 0 aliphatic rings. The minimum atomic E-state index is 1.07. The van der Waals surface area contributed by atoms with E-state index < -0.39 is 0 Å². The number of hydrogen-bond acceptors (Lipinski definition) is 1. The van der Waals surface area contributed by atoms with Crippen LogP contribution in [0, 0.1) is 6.92 Å². The van der Waals surface area contributed by atoms with Crippen LogP contribution in [0.2, 0.25) is 0 Å². The van der Waals surface area contributed by atoms with Crippen LogP contribution in [0.4, 0.5) is 0 Å². The second kappa shape index (κ2) is 3.11. The highest BCUT2D eigenvalue weighted by molar-refractivity contribution is 7.80. The summed E-state index contributed by atoms with van der Waals surface area (Å²) in [5.41, 5.74) is 2.54. The van der Waals surface area contributed by atoms with Gasteiger partial charge in [-0.25, -0.2) is 0 Å². The zero-order valence-corrected chi connectivity index (χ0v) is 8.73. The predicted octanol–water partition coefficient (Wildman–Crippen LogP) is 1.70. The molecular formula is C11H11BS.